The molecule has 0 radical (unpaired) electrons. The Morgan fingerprint density at radius 1 is 1.50 bits per heavy atom. The highest BCUT2D eigenvalue weighted by molar-refractivity contribution is 7.98. The van der Waals surface area contributed by atoms with E-state index in [1.807, 2.05) is 30.5 Å². The van der Waals surface area contributed by atoms with Crippen LogP contribution in [0.4, 0.5) is 0 Å². The van der Waals surface area contributed by atoms with E-state index in [1.54, 1.807) is 11.8 Å². The highest BCUT2D eigenvalue weighted by Gasteiger charge is 2.14. The van der Waals surface area contributed by atoms with Crippen molar-refractivity contribution in [3.8, 4) is 0 Å². The Kier molecular flexibility index (Phi) is 5.08. The highest BCUT2D eigenvalue weighted by Crippen LogP contribution is 2.19. The van der Waals surface area contributed by atoms with Gasteiger partial charge in [0.05, 0.1) is 5.56 Å². The van der Waals surface area contributed by atoms with Gasteiger partial charge in [-0.05, 0) is 44.2 Å². The number of benzene rings is 1. The fraction of sp³-hybridized carbons (Fsp3) is 0.500. The molecule has 1 aliphatic rings. The van der Waals surface area contributed by atoms with Gasteiger partial charge in [-0.25, -0.2) is 0 Å². The van der Waals surface area contributed by atoms with E-state index in [1.165, 1.54) is 12.8 Å². The van der Waals surface area contributed by atoms with Gasteiger partial charge in [0.2, 0.25) is 0 Å². The van der Waals surface area contributed by atoms with Crippen molar-refractivity contribution in [2.24, 2.45) is 0 Å². The summed E-state index contributed by atoms with van der Waals surface area (Å²) in [5, 5.41) is 6.45. The number of rotatable bonds is 5. The maximum atomic E-state index is 12.1. The SMILES string of the molecule is CSc1ccccc1C(=O)NCC[C@H]1CCCN1. The first-order valence-corrected chi connectivity index (χ1v) is 7.68. The zero-order chi connectivity index (χ0) is 12.8. The molecular weight excluding hydrogens is 244 g/mol. The predicted molar refractivity (Wildman–Crippen MR) is 76.2 cm³/mol. The Hall–Kier alpha value is -1.00. The van der Waals surface area contributed by atoms with E-state index < -0.39 is 0 Å². The summed E-state index contributed by atoms with van der Waals surface area (Å²) < 4.78 is 0. The second-order valence-corrected chi connectivity index (χ2v) is 5.39. The first-order chi connectivity index (χ1) is 8.81. The molecule has 18 heavy (non-hydrogen) atoms. The van der Waals surface area contributed by atoms with Crippen molar-refractivity contribution in [1.82, 2.24) is 10.6 Å². The molecule has 0 spiro atoms. The van der Waals surface area contributed by atoms with Crippen LogP contribution in [-0.4, -0.2) is 31.3 Å². The highest BCUT2D eigenvalue weighted by atomic mass is 32.2. The lowest BCUT2D eigenvalue weighted by atomic mass is 10.1. The topological polar surface area (TPSA) is 41.1 Å². The van der Waals surface area contributed by atoms with Gasteiger partial charge in [0.15, 0.2) is 0 Å². The molecule has 0 aliphatic carbocycles. The summed E-state index contributed by atoms with van der Waals surface area (Å²) in [4.78, 5) is 13.1. The standard InChI is InChI=1S/C14H20N2OS/c1-18-13-7-3-2-6-12(13)14(17)16-10-8-11-5-4-9-15-11/h2-3,6-7,11,15H,4-5,8-10H2,1H3,(H,16,17)/t11-/m1/s1. The maximum Gasteiger partial charge on any atom is 0.252 e. The Labute approximate surface area is 113 Å². The van der Waals surface area contributed by atoms with Crippen molar-refractivity contribution in [3.05, 3.63) is 29.8 Å². The van der Waals surface area contributed by atoms with Crippen molar-refractivity contribution >= 4 is 17.7 Å². The molecule has 1 atom stereocenters. The van der Waals surface area contributed by atoms with Crippen LogP contribution in [0.15, 0.2) is 29.2 Å². The van der Waals surface area contributed by atoms with Gasteiger partial charge >= 0.3 is 0 Å². The van der Waals surface area contributed by atoms with Crippen LogP contribution in [0.25, 0.3) is 0 Å². The molecule has 0 bridgehead atoms. The third-order valence-corrected chi connectivity index (χ3v) is 4.09. The van der Waals surface area contributed by atoms with Gasteiger partial charge in [0, 0.05) is 17.5 Å². The molecule has 4 heteroatoms. The van der Waals surface area contributed by atoms with Crippen LogP contribution in [0.2, 0.25) is 0 Å². The molecule has 0 unspecified atom stereocenters. The molecule has 1 aromatic carbocycles. The molecule has 1 saturated heterocycles. The Bertz CT molecular complexity index is 403. The average molecular weight is 264 g/mol. The van der Waals surface area contributed by atoms with Crippen LogP contribution in [0.5, 0.6) is 0 Å². The molecule has 0 saturated carbocycles. The van der Waals surface area contributed by atoms with E-state index in [0.717, 1.165) is 30.0 Å². The Balaban J connectivity index is 1.83. The molecule has 0 aromatic heterocycles. The Morgan fingerprint density at radius 3 is 3.06 bits per heavy atom. The molecule has 1 heterocycles. The second-order valence-electron chi connectivity index (χ2n) is 4.54. The fourth-order valence-corrected chi connectivity index (χ4v) is 2.89. The van der Waals surface area contributed by atoms with Gasteiger partial charge in [-0.3, -0.25) is 4.79 Å². The minimum absolute atomic E-state index is 0.0398. The van der Waals surface area contributed by atoms with E-state index >= 15 is 0 Å². The third-order valence-electron chi connectivity index (χ3n) is 3.29. The lowest BCUT2D eigenvalue weighted by molar-refractivity contribution is 0.0949. The summed E-state index contributed by atoms with van der Waals surface area (Å²) in [6.07, 6.45) is 5.51. The average Bonchev–Trinajstić information content (AvgIpc) is 2.91. The summed E-state index contributed by atoms with van der Waals surface area (Å²) in [6.45, 7) is 1.87. The summed E-state index contributed by atoms with van der Waals surface area (Å²) in [5.74, 6) is 0.0398. The third kappa shape index (κ3) is 3.50. The predicted octanol–water partition coefficient (Wildman–Crippen LogP) is 2.28. The van der Waals surface area contributed by atoms with Crippen LogP contribution in [0.3, 0.4) is 0 Å². The molecule has 3 nitrogen and oxygen atoms in total. The number of hydrogen-bond donors (Lipinski definition) is 2. The van der Waals surface area contributed by atoms with Gasteiger partial charge in [0.1, 0.15) is 0 Å². The van der Waals surface area contributed by atoms with Crippen LogP contribution < -0.4 is 10.6 Å². The van der Waals surface area contributed by atoms with E-state index in [4.69, 9.17) is 0 Å². The molecule has 98 valence electrons. The normalized spacial score (nSPS) is 18.8. The van der Waals surface area contributed by atoms with Gasteiger partial charge in [-0.15, -0.1) is 11.8 Å². The number of amides is 1. The molecular formula is C14H20N2OS. The van der Waals surface area contributed by atoms with Crippen LogP contribution in [0, 0.1) is 0 Å². The Morgan fingerprint density at radius 2 is 2.33 bits per heavy atom. The van der Waals surface area contributed by atoms with Crippen molar-refractivity contribution < 1.29 is 4.79 Å². The zero-order valence-corrected chi connectivity index (χ0v) is 11.6. The van der Waals surface area contributed by atoms with Gasteiger partial charge in [-0.2, -0.15) is 0 Å². The van der Waals surface area contributed by atoms with Gasteiger partial charge in [0.25, 0.3) is 5.91 Å². The number of carbonyl (C=O) groups excluding carboxylic acids is 1. The molecule has 1 amide bonds. The summed E-state index contributed by atoms with van der Waals surface area (Å²) in [5.41, 5.74) is 0.782. The first-order valence-electron chi connectivity index (χ1n) is 6.46. The van der Waals surface area contributed by atoms with Crippen molar-refractivity contribution in [2.45, 2.75) is 30.2 Å². The van der Waals surface area contributed by atoms with E-state index in [9.17, 15) is 4.79 Å². The maximum absolute atomic E-state index is 12.1. The molecule has 2 rings (SSSR count). The largest absolute Gasteiger partial charge is 0.352 e. The second kappa shape index (κ2) is 6.81. The lowest BCUT2D eigenvalue weighted by Crippen LogP contribution is -2.30. The van der Waals surface area contributed by atoms with Crippen LogP contribution in [0.1, 0.15) is 29.6 Å². The smallest absolute Gasteiger partial charge is 0.252 e. The van der Waals surface area contributed by atoms with Crippen molar-refractivity contribution in [3.63, 3.8) is 0 Å². The number of nitrogens with one attached hydrogen (secondary N) is 2. The molecule has 1 aromatic rings. The van der Waals surface area contributed by atoms with Crippen molar-refractivity contribution in [2.75, 3.05) is 19.3 Å². The van der Waals surface area contributed by atoms with E-state index in [2.05, 4.69) is 10.6 Å². The number of carbonyl (C=O) groups is 1. The van der Waals surface area contributed by atoms with E-state index in [-0.39, 0.29) is 5.91 Å². The van der Waals surface area contributed by atoms with E-state index in [0.29, 0.717) is 6.04 Å². The molecule has 1 aliphatic heterocycles. The fourth-order valence-electron chi connectivity index (χ4n) is 2.29. The monoisotopic (exact) mass is 264 g/mol. The molecule has 1 fully saturated rings. The van der Waals surface area contributed by atoms with Gasteiger partial charge in [-0.1, -0.05) is 12.1 Å². The summed E-state index contributed by atoms with van der Waals surface area (Å²) in [7, 11) is 0. The summed E-state index contributed by atoms with van der Waals surface area (Å²) in [6, 6.07) is 8.33. The first kappa shape index (κ1) is 13.4. The van der Waals surface area contributed by atoms with Crippen molar-refractivity contribution in [1.29, 1.82) is 0 Å². The minimum atomic E-state index is 0.0398. The lowest BCUT2D eigenvalue weighted by Gasteiger charge is -2.12. The van der Waals surface area contributed by atoms with Crippen LogP contribution in [-0.2, 0) is 0 Å². The minimum Gasteiger partial charge on any atom is -0.352 e. The van der Waals surface area contributed by atoms with Gasteiger partial charge < -0.3 is 10.6 Å². The summed E-state index contributed by atoms with van der Waals surface area (Å²) >= 11 is 1.61. The number of hydrogen-bond acceptors (Lipinski definition) is 3. The number of thioether (sulfide) groups is 1. The zero-order valence-electron chi connectivity index (χ0n) is 10.7. The molecule has 2 N–H and O–H groups in total. The quantitative estimate of drug-likeness (QED) is 0.802. The van der Waals surface area contributed by atoms with Crippen LogP contribution >= 0.6 is 11.8 Å².